The van der Waals surface area contributed by atoms with Crippen molar-refractivity contribution in [3.63, 3.8) is 0 Å². The number of phosphoric ester groups is 1. The fourth-order valence-electron chi connectivity index (χ4n) is 15.4. The summed E-state index contributed by atoms with van der Waals surface area (Å²) in [5.74, 6) is -2.31. The lowest BCUT2D eigenvalue weighted by atomic mass is 9.84. The van der Waals surface area contributed by atoms with Gasteiger partial charge in [0.05, 0.1) is 13.2 Å². The Labute approximate surface area is 710 Å². The van der Waals surface area contributed by atoms with E-state index >= 15 is 0 Å². The van der Waals surface area contributed by atoms with Gasteiger partial charge in [-0.05, 0) is 109 Å². The number of hydrogen-bond donors (Lipinski definition) is 10. The van der Waals surface area contributed by atoms with Crippen LogP contribution in [0.1, 0.15) is 388 Å². The van der Waals surface area contributed by atoms with Gasteiger partial charge in [-0.3, -0.25) is 28.2 Å². The average molecular weight is 1700 g/mol. The number of allylic oxidation sites excluding steroid dienone is 6. The third-order valence-corrected chi connectivity index (χ3v) is 24.0. The summed E-state index contributed by atoms with van der Waals surface area (Å²) in [7, 11) is -5.82. The van der Waals surface area contributed by atoms with Crippen molar-refractivity contribution in [2.45, 2.75) is 492 Å². The van der Waals surface area contributed by atoms with Crippen LogP contribution in [0.25, 0.3) is 0 Å². The van der Waals surface area contributed by atoms with Crippen molar-refractivity contribution in [1.82, 2.24) is 0 Å². The second kappa shape index (κ2) is 69.9. The lowest BCUT2D eigenvalue weighted by molar-refractivity contribution is -0.360. The molecule has 0 spiro atoms. The van der Waals surface area contributed by atoms with Crippen LogP contribution in [-0.4, -0.2) is 205 Å². The minimum absolute atomic E-state index is 0.0119. The Kier molecular flexibility index (Phi) is 64.5. The van der Waals surface area contributed by atoms with Crippen LogP contribution in [0.3, 0.4) is 0 Å². The van der Waals surface area contributed by atoms with Crippen LogP contribution in [0, 0.1) is 5.92 Å². The van der Waals surface area contributed by atoms with Gasteiger partial charge < -0.3 is 88.7 Å². The minimum Gasteiger partial charge on any atom is -0.463 e. The fraction of sp³-hybridized carbons (Fsp3) is 0.891. The molecule has 0 bridgehead atoms. The van der Waals surface area contributed by atoms with E-state index in [0.717, 1.165) is 154 Å². The molecule has 1 aliphatic carbocycles. The summed E-state index contributed by atoms with van der Waals surface area (Å²) in [4.78, 5) is 66.5. The summed E-state index contributed by atoms with van der Waals surface area (Å²) in [6, 6.07) is 0. The number of carbonyl (C=O) groups is 4. The number of carbonyl (C=O) groups excluding carboxylic acids is 4. The molecular formula is C92H167O25P. The number of unbranched alkanes of at least 4 members (excludes halogenated alkanes) is 41. The molecule has 25 nitrogen and oxygen atoms in total. The van der Waals surface area contributed by atoms with Gasteiger partial charge in [0.2, 0.25) is 0 Å². The Morgan fingerprint density at radius 3 is 1.11 bits per heavy atom. The highest BCUT2D eigenvalue weighted by molar-refractivity contribution is 7.47. The van der Waals surface area contributed by atoms with Crippen molar-refractivity contribution in [3.8, 4) is 0 Å². The summed E-state index contributed by atoms with van der Waals surface area (Å²) in [5, 5.41) is 102. The molecule has 26 heteroatoms. The lowest BCUT2D eigenvalue weighted by Crippen LogP contribution is -2.70. The van der Waals surface area contributed by atoms with Gasteiger partial charge in [0, 0.05) is 25.7 Å². The molecule has 0 aromatic rings. The number of ether oxygens (including phenoxy) is 8. The van der Waals surface area contributed by atoms with Crippen LogP contribution in [0.2, 0.25) is 0 Å². The first-order chi connectivity index (χ1) is 57.1. The first-order valence-electron chi connectivity index (χ1n) is 47.1. The average Bonchev–Trinajstić information content (AvgIpc) is 0.751. The summed E-state index contributed by atoms with van der Waals surface area (Å²) in [5.41, 5.74) is 0. The molecule has 0 aromatic carbocycles. The molecule has 19 unspecified atom stereocenters. The van der Waals surface area contributed by atoms with E-state index in [1.54, 1.807) is 0 Å². The highest BCUT2D eigenvalue weighted by Gasteiger charge is 2.60. The Hall–Kier alpha value is -3.31. The molecule has 1 saturated carbocycles. The monoisotopic (exact) mass is 1700 g/mol. The molecule has 118 heavy (non-hydrogen) atoms. The van der Waals surface area contributed by atoms with E-state index in [9.17, 15) is 74.6 Å². The summed E-state index contributed by atoms with van der Waals surface area (Å²) >= 11 is 0. The predicted molar refractivity (Wildman–Crippen MR) is 458 cm³/mol. The van der Waals surface area contributed by atoms with Gasteiger partial charge in [-0.15, -0.1) is 0 Å². The molecule has 3 aliphatic rings. The SMILES string of the molecule is CCCCCC/C=C\CCCCCCCCCC(=O)OCC(COP(=O)(O)OC1C(OC2OC(CO)C(O)C(O)C2O)C(O)C(O)C(OC(=O)CCCCC/C=C\CCCCCCCC)C1OC1OC(COC(=O)CCCCCCCCC(C)CCCCCCCC)C(O)C(O)C1O)OC(=O)CCCCCCCCC/C=C\CCCCCC. The van der Waals surface area contributed by atoms with Gasteiger partial charge in [0.25, 0.3) is 0 Å². The normalized spacial score (nSPS) is 25.3. The van der Waals surface area contributed by atoms with Crippen LogP contribution in [0.5, 0.6) is 0 Å². The third kappa shape index (κ3) is 50.0. The Morgan fingerprint density at radius 1 is 0.356 bits per heavy atom. The predicted octanol–water partition coefficient (Wildman–Crippen LogP) is 17.4. The highest BCUT2D eigenvalue weighted by atomic mass is 31.2. The third-order valence-electron chi connectivity index (χ3n) is 23.0. The largest absolute Gasteiger partial charge is 0.472 e. The van der Waals surface area contributed by atoms with E-state index in [2.05, 4.69) is 71.1 Å². The molecular weight excluding hydrogens is 1540 g/mol. The van der Waals surface area contributed by atoms with Crippen molar-refractivity contribution in [2.75, 3.05) is 26.4 Å². The smallest absolute Gasteiger partial charge is 0.463 e. The summed E-state index contributed by atoms with van der Waals surface area (Å²) < 4.78 is 73.4. The molecule has 0 amide bonds. The molecule has 3 fully saturated rings. The number of hydrogen-bond acceptors (Lipinski definition) is 24. The number of aliphatic hydroxyl groups excluding tert-OH is 9. The van der Waals surface area contributed by atoms with Crippen LogP contribution in [0.4, 0.5) is 0 Å². The Bertz CT molecular complexity index is 2610. The second-order valence-electron chi connectivity index (χ2n) is 33.8. The minimum atomic E-state index is -5.82. The van der Waals surface area contributed by atoms with E-state index < -0.39 is 162 Å². The topological polar surface area (TPSA) is 380 Å². The number of rotatable bonds is 75. The maximum atomic E-state index is 14.9. The van der Waals surface area contributed by atoms with Crippen LogP contribution in [-0.2, 0) is 70.7 Å². The Balaban J connectivity index is 1.92. The zero-order valence-corrected chi connectivity index (χ0v) is 74.5. The standard InChI is InChI=1S/C92H167O25P/c1-6-10-14-18-22-25-28-31-33-36-38-41-44-51-57-63-75(94)108-68-72(111-77(96)65-59-53-45-42-40-37-34-32-29-26-23-19-15-11-7-2)69-110-118(106,107)117-90-88(115-91-85(104)81(100)79(98)73(67-93)112-91)84(103)83(102)87(114-78(97)66-60-54-46-43-39-35-30-27-24-20-16-12-8-3)89(90)116-92-86(105)82(101)80(99)74(113-92)70-109-76(95)64-58-52-48-47-50-56-62-71(5)61-55-49-21-17-13-9-4/h25-26,28-29,35,39,71-74,79-93,98-105H,6-24,27,30-34,36-38,40-70H2,1-5H3,(H,106,107)/b28-25-,29-26-,39-35-. The van der Waals surface area contributed by atoms with E-state index in [-0.39, 0.29) is 32.1 Å². The number of phosphoric acid groups is 1. The van der Waals surface area contributed by atoms with E-state index in [1.165, 1.54) is 128 Å². The first-order valence-corrected chi connectivity index (χ1v) is 48.6. The van der Waals surface area contributed by atoms with E-state index in [4.69, 9.17) is 46.9 Å². The van der Waals surface area contributed by atoms with Gasteiger partial charge in [-0.2, -0.15) is 0 Å². The van der Waals surface area contributed by atoms with Gasteiger partial charge >= 0.3 is 31.7 Å². The molecule has 2 saturated heterocycles. The van der Waals surface area contributed by atoms with Crippen LogP contribution < -0.4 is 0 Å². The lowest BCUT2D eigenvalue weighted by Gasteiger charge is -2.50. The summed E-state index contributed by atoms with van der Waals surface area (Å²) in [6.07, 6.45) is 30.0. The van der Waals surface area contributed by atoms with Crippen LogP contribution >= 0.6 is 7.82 Å². The molecule has 690 valence electrons. The summed E-state index contributed by atoms with van der Waals surface area (Å²) in [6.45, 7) is 7.86. The molecule has 0 aromatic heterocycles. The van der Waals surface area contributed by atoms with Gasteiger partial charge in [0.1, 0.15) is 92.6 Å². The number of aliphatic hydroxyl groups is 9. The van der Waals surface area contributed by atoms with Crippen LogP contribution in [0.15, 0.2) is 36.5 Å². The number of esters is 4. The maximum Gasteiger partial charge on any atom is 0.472 e. The molecule has 10 N–H and O–H groups in total. The first kappa shape index (κ1) is 109. The van der Waals surface area contributed by atoms with Crippen molar-refractivity contribution in [2.24, 2.45) is 5.92 Å². The molecule has 3 rings (SSSR count). The van der Waals surface area contributed by atoms with E-state index in [0.29, 0.717) is 44.4 Å². The highest BCUT2D eigenvalue weighted by Crippen LogP contribution is 2.49. The molecule has 2 heterocycles. The fourth-order valence-corrected chi connectivity index (χ4v) is 16.3. The Morgan fingerprint density at radius 2 is 0.686 bits per heavy atom. The van der Waals surface area contributed by atoms with Crippen molar-refractivity contribution < 1.29 is 122 Å². The zero-order valence-electron chi connectivity index (χ0n) is 73.6. The van der Waals surface area contributed by atoms with Crippen molar-refractivity contribution in [3.05, 3.63) is 36.5 Å². The second-order valence-corrected chi connectivity index (χ2v) is 35.2. The van der Waals surface area contributed by atoms with Crippen molar-refractivity contribution in [1.29, 1.82) is 0 Å². The quantitative estimate of drug-likeness (QED) is 0.00889. The molecule has 2 aliphatic heterocycles. The van der Waals surface area contributed by atoms with Crippen molar-refractivity contribution >= 4 is 31.7 Å². The van der Waals surface area contributed by atoms with Gasteiger partial charge in [-0.25, -0.2) is 4.57 Å². The molecule has 0 radical (unpaired) electrons. The van der Waals surface area contributed by atoms with E-state index in [1.807, 2.05) is 0 Å². The van der Waals surface area contributed by atoms with Gasteiger partial charge in [-0.1, -0.05) is 296 Å². The van der Waals surface area contributed by atoms with Gasteiger partial charge in [0.15, 0.2) is 24.8 Å². The molecule has 19 atom stereocenters. The maximum absolute atomic E-state index is 14.9. The zero-order chi connectivity index (χ0) is 86.2.